The van der Waals surface area contributed by atoms with E-state index >= 15 is 0 Å². The number of nitrogens with one attached hydrogen (secondary N) is 2. The summed E-state index contributed by atoms with van der Waals surface area (Å²) >= 11 is 1.74. The number of carbonyl (C=O) groups excluding carboxylic acids is 1. The second-order valence-electron chi connectivity index (χ2n) is 10.7. The van der Waals surface area contributed by atoms with Crippen LogP contribution in [0, 0.1) is 0 Å². The highest BCUT2D eigenvalue weighted by molar-refractivity contribution is 8.00. The molecular weight excluding hydrogens is 532 g/mol. The van der Waals surface area contributed by atoms with Crippen molar-refractivity contribution in [3.05, 3.63) is 138 Å². The maximum atomic E-state index is 12.9. The fourth-order valence-corrected chi connectivity index (χ4v) is 6.18. The molecule has 0 heterocycles. The molecule has 0 saturated heterocycles. The maximum absolute atomic E-state index is 12.9. The Morgan fingerprint density at radius 2 is 1.29 bits per heavy atom. The molecule has 0 aliphatic heterocycles. The Hall–Kier alpha value is -4.23. The molecule has 4 aromatic carbocycles. The SMILES string of the molecule is CC(C)(C)OC(=O)N[C@H](CNc1cccc(C(=O)O)c1)CSC(c1ccccc1)(c1ccccc1)c1ccccc1. The lowest BCUT2D eigenvalue weighted by atomic mass is 9.84. The van der Waals surface area contributed by atoms with Crippen molar-refractivity contribution in [2.24, 2.45) is 0 Å². The van der Waals surface area contributed by atoms with Gasteiger partial charge in [-0.25, -0.2) is 9.59 Å². The number of rotatable bonds is 11. The average molecular weight is 569 g/mol. The van der Waals surface area contributed by atoms with E-state index in [0.717, 1.165) is 16.7 Å². The molecule has 4 aromatic rings. The molecular formula is C34H36N2O4S. The monoisotopic (exact) mass is 568 g/mol. The molecule has 0 fully saturated rings. The molecule has 6 nitrogen and oxygen atoms in total. The van der Waals surface area contributed by atoms with Gasteiger partial charge >= 0.3 is 12.1 Å². The topological polar surface area (TPSA) is 87.7 Å². The van der Waals surface area contributed by atoms with Gasteiger partial charge in [-0.15, -0.1) is 11.8 Å². The number of benzene rings is 4. The molecule has 0 bridgehead atoms. The first-order chi connectivity index (χ1) is 19.7. The highest BCUT2D eigenvalue weighted by Crippen LogP contribution is 2.48. The number of thioether (sulfide) groups is 1. The van der Waals surface area contributed by atoms with Gasteiger partial charge in [-0.1, -0.05) is 97.1 Å². The third-order valence-electron chi connectivity index (χ3n) is 6.42. The van der Waals surface area contributed by atoms with E-state index in [9.17, 15) is 14.7 Å². The first kappa shape index (κ1) is 29.7. The van der Waals surface area contributed by atoms with Crippen molar-refractivity contribution in [3.8, 4) is 0 Å². The standard InChI is InChI=1S/C34H36N2O4S/c1-33(2,3)40-32(39)36-30(23-35-29-21-13-14-25(22-29)31(37)38)24-41-34(26-15-7-4-8-16-26,27-17-9-5-10-18-27)28-19-11-6-12-20-28/h4-22,30,35H,23-24H2,1-3H3,(H,36,39)(H,37,38)/t30-/m1/s1. The number of carboxylic acid groups (broad SMARTS) is 1. The number of carboxylic acids is 1. The smallest absolute Gasteiger partial charge is 0.407 e. The highest BCUT2D eigenvalue weighted by Gasteiger charge is 2.37. The van der Waals surface area contributed by atoms with Gasteiger partial charge in [0.05, 0.1) is 16.4 Å². The summed E-state index contributed by atoms with van der Waals surface area (Å²) in [6.45, 7) is 5.86. The van der Waals surface area contributed by atoms with Crippen molar-refractivity contribution < 1.29 is 19.4 Å². The number of anilines is 1. The molecule has 0 aliphatic carbocycles. The van der Waals surface area contributed by atoms with Gasteiger partial charge in [0.25, 0.3) is 0 Å². The van der Waals surface area contributed by atoms with Gasteiger partial charge in [-0.2, -0.15) is 0 Å². The fraction of sp³-hybridized carbons (Fsp3) is 0.235. The van der Waals surface area contributed by atoms with E-state index in [2.05, 4.69) is 47.0 Å². The Morgan fingerprint density at radius 3 is 1.76 bits per heavy atom. The van der Waals surface area contributed by atoms with E-state index in [-0.39, 0.29) is 11.6 Å². The summed E-state index contributed by atoms with van der Waals surface area (Å²) in [5.74, 6) is -0.463. The van der Waals surface area contributed by atoms with E-state index in [1.807, 2.05) is 81.4 Å². The molecule has 0 unspecified atom stereocenters. The maximum Gasteiger partial charge on any atom is 0.407 e. The van der Waals surface area contributed by atoms with Gasteiger partial charge in [0, 0.05) is 18.0 Å². The number of aromatic carboxylic acids is 1. The third kappa shape index (κ3) is 7.92. The Kier molecular flexibility index (Phi) is 9.73. The summed E-state index contributed by atoms with van der Waals surface area (Å²) in [4.78, 5) is 24.4. The van der Waals surface area contributed by atoms with Crippen LogP contribution in [0.3, 0.4) is 0 Å². The van der Waals surface area contributed by atoms with Crippen molar-refractivity contribution in [1.29, 1.82) is 0 Å². The third-order valence-corrected chi connectivity index (χ3v) is 8.13. The van der Waals surface area contributed by atoms with Gasteiger partial charge in [0.15, 0.2) is 0 Å². The first-order valence-corrected chi connectivity index (χ1v) is 14.5. The van der Waals surface area contributed by atoms with Crippen molar-refractivity contribution in [2.45, 2.75) is 37.2 Å². The van der Waals surface area contributed by atoms with E-state index in [1.54, 1.807) is 30.0 Å². The molecule has 7 heteroatoms. The van der Waals surface area contributed by atoms with Crippen LogP contribution in [0.25, 0.3) is 0 Å². The van der Waals surface area contributed by atoms with Crippen LogP contribution in [-0.2, 0) is 9.48 Å². The minimum Gasteiger partial charge on any atom is -0.478 e. The van der Waals surface area contributed by atoms with Crippen molar-refractivity contribution in [2.75, 3.05) is 17.6 Å². The second-order valence-corrected chi connectivity index (χ2v) is 11.9. The Morgan fingerprint density at radius 1 is 0.780 bits per heavy atom. The molecule has 0 aliphatic rings. The number of alkyl carbamates (subject to hydrolysis) is 1. The average Bonchev–Trinajstić information content (AvgIpc) is 2.97. The van der Waals surface area contributed by atoms with Gasteiger partial charge in [-0.3, -0.25) is 0 Å². The molecule has 4 rings (SSSR count). The van der Waals surface area contributed by atoms with Crippen LogP contribution in [0.15, 0.2) is 115 Å². The molecule has 1 amide bonds. The molecule has 3 N–H and O–H groups in total. The minimum atomic E-state index is -0.994. The quantitative estimate of drug-likeness (QED) is 0.163. The van der Waals surface area contributed by atoms with Gasteiger partial charge in [-0.05, 0) is 55.7 Å². The normalized spacial score (nSPS) is 12.3. The molecule has 0 spiro atoms. The van der Waals surface area contributed by atoms with Crippen molar-refractivity contribution in [3.63, 3.8) is 0 Å². The number of ether oxygens (including phenoxy) is 1. The zero-order valence-electron chi connectivity index (χ0n) is 23.5. The predicted molar refractivity (Wildman–Crippen MR) is 167 cm³/mol. The number of hydrogen-bond donors (Lipinski definition) is 3. The van der Waals surface area contributed by atoms with Crippen LogP contribution in [0.4, 0.5) is 10.5 Å². The van der Waals surface area contributed by atoms with Crippen LogP contribution in [0.2, 0.25) is 0 Å². The van der Waals surface area contributed by atoms with Crippen LogP contribution < -0.4 is 10.6 Å². The fourth-order valence-electron chi connectivity index (χ4n) is 4.62. The van der Waals surface area contributed by atoms with E-state index in [1.165, 1.54) is 0 Å². The predicted octanol–water partition coefficient (Wildman–Crippen LogP) is 7.42. The zero-order valence-corrected chi connectivity index (χ0v) is 24.4. The lowest BCUT2D eigenvalue weighted by Crippen LogP contribution is -2.45. The molecule has 0 aromatic heterocycles. The summed E-state index contributed by atoms with van der Waals surface area (Å²) in [5, 5.41) is 15.8. The van der Waals surface area contributed by atoms with Crippen LogP contribution in [-0.4, -0.2) is 41.1 Å². The second kappa shape index (κ2) is 13.4. The summed E-state index contributed by atoms with van der Waals surface area (Å²) in [7, 11) is 0. The number of hydrogen-bond acceptors (Lipinski definition) is 5. The summed E-state index contributed by atoms with van der Waals surface area (Å²) in [6, 6.07) is 37.4. The summed E-state index contributed by atoms with van der Waals surface area (Å²) in [5.41, 5.74) is 3.58. The van der Waals surface area contributed by atoms with Gasteiger partial charge < -0.3 is 20.5 Å². The Bertz CT molecular complexity index is 1330. The van der Waals surface area contributed by atoms with Gasteiger partial charge in [0.1, 0.15) is 5.60 Å². The zero-order chi connectivity index (χ0) is 29.3. The molecule has 41 heavy (non-hydrogen) atoms. The van der Waals surface area contributed by atoms with E-state index in [0.29, 0.717) is 18.0 Å². The van der Waals surface area contributed by atoms with E-state index in [4.69, 9.17) is 4.74 Å². The van der Waals surface area contributed by atoms with Crippen molar-refractivity contribution in [1.82, 2.24) is 5.32 Å². The Labute approximate surface area is 246 Å². The minimum absolute atomic E-state index is 0.192. The number of amides is 1. The first-order valence-electron chi connectivity index (χ1n) is 13.5. The van der Waals surface area contributed by atoms with E-state index < -0.39 is 22.4 Å². The molecule has 0 saturated carbocycles. The van der Waals surface area contributed by atoms with Crippen LogP contribution in [0.1, 0.15) is 47.8 Å². The highest BCUT2D eigenvalue weighted by atomic mass is 32.2. The van der Waals surface area contributed by atoms with Crippen LogP contribution in [0.5, 0.6) is 0 Å². The summed E-state index contributed by atoms with van der Waals surface area (Å²) in [6.07, 6.45) is -0.506. The van der Waals surface area contributed by atoms with Crippen molar-refractivity contribution >= 4 is 29.5 Å². The lowest BCUT2D eigenvalue weighted by Gasteiger charge is -2.37. The Balaban J connectivity index is 1.69. The molecule has 0 radical (unpaired) electrons. The molecule has 212 valence electrons. The molecule has 1 atom stereocenters. The lowest BCUT2D eigenvalue weighted by molar-refractivity contribution is 0.0511. The largest absolute Gasteiger partial charge is 0.478 e. The number of carbonyl (C=O) groups is 2. The van der Waals surface area contributed by atoms with Crippen LogP contribution >= 0.6 is 11.8 Å². The summed E-state index contributed by atoms with van der Waals surface area (Å²) < 4.78 is 5.04. The van der Waals surface area contributed by atoms with Gasteiger partial charge in [0.2, 0.25) is 0 Å².